The Hall–Kier alpha value is -0.870. The Bertz CT molecular complexity index is 371. The lowest BCUT2D eigenvalue weighted by Crippen LogP contribution is -2.31. The molecule has 1 saturated heterocycles. The summed E-state index contributed by atoms with van der Waals surface area (Å²) in [7, 11) is 1.91. The molecule has 0 aliphatic carbocycles. The molecule has 2 heterocycles. The standard InChI is InChI=1S/C14H22N2OS/c1-11(13-6-4-10-18-13)16(2)14(17)8-7-12-5-3-9-15-12/h4,6,10-12,15H,3,5,7-9H2,1-2H3. The molecule has 2 unspecified atom stereocenters. The number of carbonyl (C=O) groups is 1. The maximum absolute atomic E-state index is 12.1. The molecule has 1 amide bonds. The van der Waals surface area contributed by atoms with Gasteiger partial charge in [0, 0.05) is 24.4 Å². The average Bonchev–Trinajstić information content (AvgIpc) is 3.06. The Labute approximate surface area is 113 Å². The van der Waals surface area contributed by atoms with Gasteiger partial charge < -0.3 is 10.2 Å². The van der Waals surface area contributed by atoms with E-state index in [0.29, 0.717) is 12.5 Å². The molecule has 0 spiro atoms. The Kier molecular flexibility index (Phi) is 4.78. The maximum Gasteiger partial charge on any atom is 0.222 e. The van der Waals surface area contributed by atoms with Gasteiger partial charge in [-0.1, -0.05) is 6.07 Å². The third kappa shape index (κ3) is 3.33. The van der Waals surface area contributed by atoms with Crippen LogP contribution in [0.4, 0.5) is 0 Å². The number of rotatable bonds is 5. The summed E-state index contributed by atoms with van der Waals surface area (Å²) in [6, 6.07) is 4.88. The zero-order valence-electron chi connectivity index (χ0n) is 11.2. The van der Waals surface area contributed by atoms with Gasteiger partial charge in [-0.3, -0.25) is 4.79 Å². The average molecular weight is 266 g/mol. The lowest BCUT2D eigenvalue weighted by molar-refractivity contribution is -0.131. The smallest absolute Gasteiger partial charge is 0.222 e. The quantitative estimate of drug-likeness (QED) is 0.889. The monoisotopic (exact) mass is 266 g/mol. The topological polar surface area (TPSA) is 32.3 Å². The van der Waals surface area contributed by atoms with Crippen LogP contribution in [-0.2, 0) is 4.79 Å². The van der Waals surface area contributed by atoms with Crippen LogP contribution in [0.25, 0.3) is 0 Å². The van der Waals surface area contributed by atoms with E-state index in [-0.39, 0.29) is 11.9 Å². The van der Waals surface area contributed by atoms with Gasteiger partial charge in [-0.15, -0.1) is 11.3 Å². The predicted molar refractivity (Wildman–Crippen MR) is 75.8 cm³/mol. The molecular formula is C14H22N2OS. The molecule has 1 aliphatic rings. The van der Waals surface area contributed by atoms with E-state index in [1.54, 1.807) is 11.3 Å². The minimum absolute atomic E-state index is 0.189. The molecule has 0 bridgehead atoms. The third-order valence-electron chi connectivity index (χ3n) is 3.80. The van der Waals surface area contributed by atoms with Crippen molar-refractivity contribution in [1.29, 1.82) is 0 Å². The molecule has 1 fully saturated rings. The van der Waals surface area contributed by atoms with Crippen molar-refractivity contribution in [1.82, 2.24) is 10.2 Å². The molecule has 2 atom stereocenters. The van der Waals surface area contributed by atoms with Crippen molar-refractivity contribution >= 4 is 17.2 Å². The number of nitrogens with zero attached hydrogens (tertiary/aromatic N) is 1. The first-order valence-corrected chi connectivity index (χ1v) is 7.59. The van der Waals surface area contributed by atoms with Crippen molar-refractivity contribution in [2.24, 2.45) is 0 Å². The molecule has 2 rings (SSSR count). The summed E-state index contributed by atoms with van der Waals surface area (Å²) in [4.78, 5) is 15.3. The van der Waals surface area contributed by atoms with E-state index < -0.39 is 0 Å². The van der Waals surface area contributed by atoms with Gasteiger partial charge in [-0.05, 0) is 44.2 Å². The normalized spacial score (nSPS) is 20.9. The molecule has 1 aromatic heterocycles. The number of hydrogen-bond acceptors (Lipinski definition) is 3. The maximum atomic E-state index is 12.1. The summed E-state index contributed by atoms with van der Waals surface area (Å²) in [6.45, 7) is 3.21. The number of amides is 1. The molecule has 3 nitrogen and oxygen atoms in total. The second-order valence-corrected chi connectivity index (χ2v) is 6.01. The minimum Gasteiger partial charge on any atom is -0.338 e. The van der Waals surface area contributed by atoms with Crippen molar-refractivity contribution in [3.8, 4) is 0 Å². The lowest BCUT2D eigenvalue weighted by Gasteiger charge is -2.24. The Morgan fingerprint density at radius 3 is 3.11 bits per heavy atom. The minimum atomic E-state index is 0.189. The summed E-state index contributed by atoms with van der Waals surface area (Å²) in [5, 5.41) is 5.50. The van der Waals surface area contributed by atoms with Crippen molar-refractivity contribution in [3.63, 3.8) is 0 Å². The van der Waals surface area contributed by atoms with E-state index in [1.165, 1.54) is 17.7 Å². The molecule has 0 aromatic carbocycles. The molecule has 1 N–H and O–H groups in total. The first-order valence-electron chi connectivity index (χ1n) is 6.71. The SMILES string of the molecule is CC(c1cccs1)N(C)C(=O)CCC1CCCN1. The largest absolute Gasteiger partial charge is 0.338 e. The summed E-state index contributed by atoms with van der Waals surface area (Å²) in [5.74, 6) is 0.254. The van der Waals surface area contributed by atoms with Crippen molar-refractivity contribution < 1.29 is 4.79 Å². The lowest BCUT2D eigenvalue weighted by atomic mass is 10.1. The number of nitrogens with one attached hydrogen (secondary N) is 1. The fraction of sp³-hybridized carbons (Fsp3) is 0.643. The van der Waals surface area contributed by atoms with E-state index in [2.05, 4.69) is 23.7 Å². The van der Waals surface area contributed by atoms with Gasteiger partial charge in [0.15, 0.2) is 0 Å². The molecular weight excluding hydrogens is 244 g/mol. The van der Waals surface area contributed by atoms with E-state index in [4.69, 9.17) is 0 Å². The van der Waals surface area contributed by atoms with Gasteiger partial charge in [-0.2, -0.15) is 0 Å². The highest BCUT2D eigenvalue weighted by molar-refractivity contribution is 7.10. The fourth-order valence-electron chi connectivity index (χ4n) is 2.41. The van der Waals surface area contributed by atoms with Crippen LogP contribution in [0, 0.1) is 0 Å². The molecule has 4 heteroatoms. The zero-order chi connectivity index (χ0) is 13.0. The highest BCUT2D eigenvalue weighted by Gasteiger charge is 2.20. The van der Waals surface area contributed by atoms with E-state index in [9.17, 15) is 4.79 Å². The van der Waals surface area contributed by atoms with Gasteiger partial charge in [-0.25, -0.2) is 0 Å². The summed E-state index contributed by atoms with van der Waals surface area (Å²) in [6.07, 6.45) is 4.10. The Morgan fingerprint density at radius 2 is 2.50 bits per heavy atom. The first-order chi connectivity index (χ1) is 8.68. The van der Waals surface area contributed by atoms with Crippen LogP contribution in [0.5, 0.6) is 0 Å². The Balaban J connectivity index is 1.80. The third-order valence-corrected chi connectivity index (χ3v) is 4.84. The van der Waals surface area contributed by atoms with Gasteiger partial charge >= 0.3 is 0 Å². The van der Waals surface area contributed by atoms with Crippen LogP contribution in [0.15, 0.2) is 17.5 Å². The van der Waals surface area contributed by atoms with Crippen LogP contribution in [-0.4, -0.2) is 30.4 Å². The van der Waals surface area contributed by atoms with Gasteiger partial charge in [0.25, 0.3) is 0 Å². The molecule has 100 valence electrons. The first kappa shape index (κ1) is 13.6. The van der Waals surface area contributed by atoms with E-state index >= 15 is 0 Å². The van der Waals surface area contributed by atoms with Crippen LogP contribution >= 0.6 is 11.3 Å². The van der Waals surface area contributed by atoms with E-state index in [1.807, 2.05) is 18.0 Å². The highest BCUT2D eigenvalue weighted by atomic mass is 32.1. The van der Waals surface area contributed by atoms with Crippen LogP contribution in [0.1, 0.15) is 43.5 Å². The second-order valence-electron chi connectivity index (χ2n) is 5.03. The van der Waals surface area contributed by atoms with E-state index in [0.717, 1.165) is 13.0 Å². The van der Waals surface area contributed by atoms with Gasteiger partial charge in [0.2, 0.25) is 5.91 Å². The molecule has 1 aromatic rings. The molecule has 18 heavy (non-hydrogen) atoms. The number of hydrogen-bond donors (Lipinski definition) is 1. The number of thiophene rings is 1. The fourth-order valence-corrected chi connectivity index (χ4v) is 3.24. The zero-order valence-corrected chi connectivity index (χ0v) is 12.0. The van der Waals surface area contributed by atoms with Crippen LogP contribution in [0.3, 0.4) is 0 Å². The van der Waals surface area contributed by atoms with Crippen LogP contribution in [0.2, 0.25) is 0 Å². The van der Waals surface area contributed by atoms with Crippen LogP contribution < -0.4 is 5.32 Å². The summed E-state index contributed by atoms with van der Waals surface area (Å²) < 4.78 is 0. The van der Waals surface area contributed by atoms with Crippen molar-refractivity contribution in [3.05, 3.63) is 22.4 Å². The van der Waals surface area contributed by atoms with Gasteiger partial charge in [0.05, 0.1) is 6.04 Å². The van der Waals surface area contributed by atoms with Crippen molar-refractivity contribution in [2.75, 3.05) is 13.6 Å². The molecule has 0 saturated carbocycles. The molecule has 1 aliphatic heterocycles. The summed E-state index contributed by atoms with van der Waals surface area (Å²) in [5.41, 5.74) is 0. The van der Waals surface area contributed by atoms with Crippen molar-refractivity contribution in [2.45, 2.75) is 44.7 Å². The summed E-state index contributed by atoms with van der Waals surface area (Å²) >= 11 is 1.71. The molecule has 0 radical (unpaired) electrons. The number of carbonyl (C=O) groups excluding carboxylic acids is 1. The predicted octanol–water partition coefficient (Wildman–Crippen LogP) is 2.80. The van der Waals surface area contributed by atoms with Gasteiger partial charge in [0.1, 0.15) is 0 Å². The Morgan fingerprint density at radius 1 is 1.67 bits per heavy atom. The second kappa shape index (κ2) is 6.34. The highest BCUT2D eigenvalue weighted by Crippen LogP contribution is 2.24.